The summed E-state index contributed by atoms with van der Waals surface area (Å²) in [6, 6.07) is 0.0882. The summed E-state index contributed by atoms with van der Waals surface area (Å²) in [5.41, 5.74) is 13.1. The maximum absolute atomic E-state index is 12.5. The number of nitrogens with two attached hydrogens (primary N) is 2. The van der Waals surface area contributed by atoms with Crippen molar-refractivity contribution in [3.63, 3.8) is 0 Å². The molecule has 1 aliphatic rings. The molecule has 24 heavy (non-hydrogen) atoms. The maximum Gasteiger partial charge on any atom is 0.287 e. The fourth-order valence-electron chi connectivity index (χ4n) is 2.93. The van der Waals surface area contributed by atoms with E-state index in [9.17, 15) is 4.79 Å². The number of rotatable bonds is 4. The predicted molar refractivity (Wildman–Crippen MR) is 95.1 cm³/mol. The van der Waals surface area contributed by atoms with Gasteiger partial charge >= 0.3 is 0 Å². The molecule has 1 aromatic rings. The van der Waals surface area contributed by atoms with E-state index in [2.05, 4.69) is 29.4 Å². The fraction of sp³-hybridized carbons (Fsp3) is 0.588. The number of furan rings is 1. The first-order chi connectivity index (χ1) is 11.1. The van der Waals surface area contributed by atoms with Crippen LogP contribution in [0.25, 0.3) is 0 Å². The van der Waals surface area contributed by atoms with Gasteiger partial charge in [-0.2, -0.15) is 5.10 Å². The zero-order chi connectivity index (χ0) is 18.1. The Balaban J connectivity index is 2.47. The predicted octanol–water partition coefficient (Wildman–Crippen LogP) is 2.07. The number of carbonyl (C=O) groups is 1. The molecule has 132 valence electrons. The van der Waals surface area contributed by atoms with E-state index >= 15 is 0 Å². The van der Waals surface area contributed by atoms with Crippen LogP contribution in [-0.4, -0.2) is 23.6 Å². The van der Waals surface area contributed by atoms with Crippen LogP contribution in [0.1, 0.15) is 68.0 Å². The molecule has 1 aromatic heterocycles. The number of hydrogen-bond acceptors (Lipinski definition) is 4. The third kappa shape index (κ3) is 3.77. The largest absolute Gasteiger partial charge is 0.455 e. The van der Waals surface area contributed by atoms with Crippen molar-refractivity contribution in [2.75, 3.05) is 0 Å². The fourth-order valence-corrected chi connectivity index (χ4v) is 2.93. The SMILES string of the molecule is CCC(C)NC(=O)c1oc2c(c1C)/C(=N\N=C(N)N)CC(C)(C)C2. The summed E-state index contributed by atoms with van der Waals surface area (Å²) in [7, 11) is 0. The van der Waals surface area contributed by atoms with Gasteiger partial charge in [0.15, 0.2) is 5.76 Å². The molecule has 7 nitrogen and oxygen atoms in total. The minimum absolute atomic E-state index is 0.0422. The van der Waals surface area contributed by atoms with E-state index in [4.69, 9.17) is 15.9 Å². The minimum atomic E-state index is -0.199. The van der Waals surface area contributed by atoms with Crippen LogP contribution in [0.3, 0.4) is 0 Å². The molecule has 0 aliphatic heterocycles. The van der Waals surface area contributed by atoms with Gasteiger partial charge < -0.3 is 21.2 Å². The standard InChI is InChI=1S/C17H27N5O2/c1-6-9(2)20-15(23)14-10(3)13-11(21-22-16(18)19)7-17(4,5)8-12(13)24-14/h9H,6-8H2,1-5H3,(H,20,23)(H4,18,19,22)/b21-11-. The molecule has 1 unspecified atom stereocenters. The van der Waals surface area contributed by atoms with E-state index < -0.39 is 0 Å². The second-order valence-corrected chi connectivity index (χ2v) is 7.23. The first-order valence-electron chi connectivity index (χ1n) is 8.23. The van der Waals surface area contributed by atoms with Crippen LogP contribution in [0.5, 0.6) is 0 Å². The van der Waals surface area contributed by atoms with Crippen LogP contribution >= 0.6 is 0 Å². The number of nitrogens with one attached hydrogen (secondary N) is 1. The van der Waals surface area contributed by atoms with Gasteiger partial charge in [0, 0.05) is 23.6 Å². The Kier molecular flexibility index (Phi) is 5.01. The number of amides is 1. The third-order valence-corrected chi connectivity index (χ3v) is 4.28. The molecule has 0 spiro atoms. The zero-order valence-electron chi connectivity index (χ0n) is 15.1. The van der Waals surface area contributed by atoms with Crippen molar-refractivity contribution in [1.29, 1.82) is 0 Å². The van der Waals surface area contributed by atoms with Gasteiger partial charge in [0.25, 0.3) is 5.91 Å². The van der Waals surface area contributed by atoms with Crippen molar-refractivity contribution in [1.82, 2.24) is 5.32 Å². The smallest absolute Gasteiger partial charge is 0.287 e. The highest BCUT2D eigenvalue weighted by Crippen LogP contribution is 2.38. The van der Waals surface area contributed by atoms with Crippen LogP contribution in [0.2, 0.25) is 0 Å². The Morgan fingerprint density at radius 2 is 2.04 bits per heavy atom. The van der Waals surface area contributed by atoms with Crippen LogP contribution in [0.4, 0.5) is 0 Å². The average Bonchev–Trinajstić information content (AvgIpc) is 2.80. The monoisotopic (exact) mass is 333 g/mol. The number of fused-ring (bicyclic) bond motifs is 1. The quantitative estimate of drug-likeness (QED) is 0.444. The van der Waals surface area contributed by atoms with Crippen LogP contribution < -0.4 is 16.8 Å². The van der Waals surface area contributed by atoms with E-state index in [-0.39, 0.29) is 23.3 Å². The summed E-state index contributed by atoms with van der Waals surface area (Å²) in [6.07, 6.45) is 2.31. The van der Waals surface area contributed by atoms with Crippen molar-refractivity contribution in [2.24, 2.45) is 27.1 Å². The van der Waals surface area contributed by atoms with Crippen molar-refractivity contribution in [2.45, 2.75) is 59.9 Å². The molecule has 0 aromatic carbocycles. The molecule has 1 atom stereocenters. The molecule has 5 N–H and O–H groups in total. The maximum atomic E-state index is 12.5. The Labute approximate surface area is 142 Å². The summed E-state index contributed by atoms with van der Waals surface area (Å²) < 4.78 is 5.91. The average molecular weight is 333 g/mol. The molecular formula is C17H27N5O2. The van der Waals surface area contributed by atoms with E-state index in [0.29, 0.717) is 12.2 Å². The highest BCUT2D eigenvalue weighted by molar-refractivity contribution is 6.07. The normalized spacial score (nSPS) is 18.8. The molecular weight excluding hydrogens is 306 g/mol. The highest BCUT2D eigenvalue weighted by atomic mass is 16.4. The number of hydrogen-bond donors (Lipinski definition) is 3. The molecule has 2 rings (SSSR count). The lowest BCUT2D eigenvalue weighted by atomic mass is 9.75. The Morgan fingerprint density at radius 3 is 2.62 bits per heavy atom. The lowest BCUT2D eigenvalue weighted by Gasteiger charge is -2.29. The van der Waals surface area contributed by atoms with Crippen LogP contribution in [-0.2, 0) is 6.42 Å². The highest BCUT2D eigenvalue weighted by Gasteiger charge is 2.36. The molecule has 0 fully saturated rings. The summed E-state index contributed by atoms with van der Waals surface area (Å²) in [6.45, 7) is 10.1. The molecule has 1 aliphatic carbocycles. The lowest BCUT2D eigenvalue weighted by Crippen LogP contribution is -2.32. The van der Waals surface area contributed by atoms with Gasteiger partial charge in [0.05, 0.1) is 5.71 Å². The van der Waals surface area contributed by atoms with Crippen LogP contribution in [0, 0.1) is 12.3 Å². The molecule has 0 bridgehead atoms. The van der Waals surface area contributed by atoms with Crippen LogP contribution in [0.15, 0.2) is 14.6 Å². The molecule has 0 radical (unpaired) electrons. The summed E-state index contributed by atoms with van der Waals surface area (Å²) >= 11 is 0. The molecule has 0 saturated heterocycles. The van der Waals surface area contributed by atoms with Gasteiger partial charge in [-0.3, -0.25) is 4.79 Å². The number of guanidine groups is 1. The molecule has 1 heterocycles. The minimum Gasteiger partial charge on any atom is -0.455 e. The lowest BCUT2D eigenvalue weighted by molar-refractivity contribution is 0.0907. The first-order valence-corrected chi connectivity index (χ1v) is 8.23. The van der Waals surface area contributed by atoms with Gasteiger partial charge in [0.1, 0.15) is 5.76 Å². The Hall–Kier alpha value is -2.31. The van der Waals surface area contributed by atoms with Crippen molar-refractivity contribution < 1.29 is 9.21 Å². The zero-order valence-corrected chi connectivity index (χ0v) is 15.1. The second kappa shape index (κ2) is 6.67. The topological polar surface area (TPSA) is 119 Å². The number of carbonyl (C=O) groups excluding carboxylic acids is 1. The Bertz CT molecular complexity index is 696. The summed E-state index contributed by atoms with van der Waals surface area (Å²) in [5, 5.41) is 10.9. The first kappa shape index (κ1) is 18.0. The molecule has 0 saturated carbocycles. The van der Waals surface area contributed by atoms with Gasteiger partial charge in [-0.1, -0.05) is 20.8 Å². The van der Waals surface area contributed by atoms with E-state index in [0.717, 1.165) is 35.4 Å². The third-order valence-electron chi connectivity index (χ3n) is 4.28. The van der Waals surface area contributed by atoms with Crippen molar-refractivity contribution in [3.05, 3.63) is 22.6 Å². The van der Waals surface area contributed by atoms with Gasteiger partial charge in [-0.15, -0.1) is 5.10 Å². The molecule has 7 heteroatoms. The second-order valence-electron chi connectivity index (χ2n) is 7.23. The number of nitrogens with zero attached hydrogens (tertiary/aromatic N) is 2. The van der Waals surface area contributed by atoms with Gasteiger partial charge in [-0.05, 0) is 32.1 Å². The van der Waals surface area contributed by atoms with Crippen molar-refractivity contribution >= 4 is 17.6 Å². The summed E-state index contributed by atoms with van der Waals surface area (Å²) in [5.74, 6) is 0.816. The van der Waals surface area contributed by atoms with E-state index in [1.54, 1.807) is 0 Å². The van der Waals surface area contributed by atoms with E-state index in [1.807, 2.05) is 20.8 Å². The van der Waals surface area contributed by atoms with Gasteiger partial charge in [0.2, 0.25) is 5.96 Å². The molecule has 1 amide bonds. The van der Waals surface area contributed by atoms with Crippen molar-refractivity contribution in [3.8, 4) is 0 Å². The Morgan fingerprint density at radius 1 is 1.38 bits per heavy atom. The van der Waals surface area contributed by atoms with E-state index in [1.165, 1.54) is 0 Å². The summed E-state index contributed by atoms with van der Waals surface area (Å²) in [4.78, 5) is 12.5. The van der Waals surface area contributed by atoms with Gasteiger partial charge in [-0.25, -0.2) is 0 Å².